The molecule has 1 aromatic carbocycles. The Kier molecular flexibility index (Phi) is 5.80. The molecule has 0 radical (unpaired) electrons. The molecule has 0 aliphatic carbocycles. The number of hydrogen-bond acceptors (Lipinski definition) is 6. The highest BCUT2D eigenvalue weighted by Gasteiger charge is 2.09. The molecule has 2 N–H and O–H groups in total. The van der Waals surface area contributed by atoms with Gasteiger partial charge in [0.1, 0.15) is 0 Å². The number of aromatic nitrogens is 3. The maximum Gasteiger partial charge on any atom is 0.323 e. The van der Waals surface area contributed by atoms with Crippen molar-refractivity contribution in [3.63, 3.8) is 0 Å². The molecule has 112 valence electrons. The zero-order valence-corrected chi connectivity index (χ0v) is 14.6. The van der Waals surface area contributed by atoms with Crippen molar-refractivity contribution >= 4 is 51.8 Å². The van der Waals surface area contributed by atoms with Gasteiger partial charge in [0.2, 0.25) is 11.9 Å². The van der Waals surface area contributed by atoms with Crippen LogP contribution in [0.25, 0.3) is 0 Å². The van der Waals surface area contributed by atoms with Crippen molar-refractivity contribution < 1.29 is 4.74 Å². The van der Waals surface area contributed by atoms with Gasteiger partial charge < -0.3 is 15.4 Å². The van der Waals surface area contributed by atoms with E-state index in [4.69, 9.17) is 16.3 Å². The number of halogens is 2. The number of nitrogens with zero attached hydrogens (tertiary/aromatic N) is 3. The van der Waals surface area contributed by atoms with E-state index in [0.717, 1.165) is 9.26 Å². The first-order chi connectivity index (χ1) is 10.1. The molecule has 0 unspecified atom stereocenters. The van der Waals surface area contributed by atoms with Gasteiger partial charge in [-0.25, -0.2) is 0 Å². The second-order valence-corrected chi connectivity index (χ2v) is 5.58. The van der Waals surface area contributed by atoms with Crippen LogP contribution in [-0.2, 0) is 0 Å². The number of benzene rings is 1. The number of anilines is 3. The average molecular weight is 420 g/mol. The number of rotatable bonds is 6. The Hall–Kier alpha value is -1.35. The Labute approximate surface area is 141 Å². The van der Waals surface area contributed by atoms with Crippen LogP contribution in [0.2, 0.25) is 5.02 Å². The normalized spacial score (nSPS) is 10.3. The van der Waals surface area contributed by atoms with E-state index >= 15 is 0 Å². The van der Waals surface area contributed by atoms with Gasteiger partial charge in [-0.2, -0.15) is 15.0 Å². The third kappa shape index (κ3) is 4.57. The fraction of sp³-hybridized carbons (Fsp3) is 0.308. The summed E-state index contributed by atoms with van der Waals surface area (Å²) in [5, 5.41) is 6.88. The Morgan fingerprint density at radius 3 is 2.62 bits per heavy atom. The predicted molar refractivity (Wildman–Crippen MR) is 92.6 cm³/mol. The van der Waals surface area contributed by atoms with Crippen molar-refractivity contribution in [1.29, 1.82) is 0 Å². The average Bonchev–Trinajstić information content (AvgIpc) is 2.42. The second-order valence-electron chi connectivity index (χ2n) is 3.98. The first-order valence-corrected chi connectivity index (χ1v) is 7.92. The molecule has 1 aromatic heterocycles. The SMILES string of the molecule is CCNc1nc(Nc2ccc(Cl)cc2I)nc(OCC)n1. The quantitative estimate of drug-likeness (QED) is 0.696. The summed E-state index contributed by atoms with van der Waals surface area (Å²) < 4.78 is 6.33. The van der Waals surface area contributed by atoms with Crippen LogP contribution in [-0.4, -0.2) is 28.1 Å². The lowest BCUT2D eigenvalue weighted by Gasteiger charge is -2.10. The van der Waals surface area contributed by atoms with Crippen molar-refractivity contribution in [3.8, 4) is 6.01 Å². The van der Waals surface area contributed by atoms with E-state index in [1.54, 1.807) is 0 Å². The molecule has 0 amide bonds. The maximum atomic E-state index is 5.95. The van der Waals surface area contributed by atoms with Crippen LogP contribution in [0.15, 0.2) is 18.2 Å². The molecule has 2 rings (SSSR count). The summed E-state index contributed by atoms with van der Waals surface area (Å²) in [6, 6.07) is 5.83. The standard InChI is InChI=1S/C13H15ClIN5O/c1-3-16-11-18-12(20-13(19-11)21-4-2)17-10-6-5-8(14)7-9(10)15/h5-7H,3-4H2,1-2H3,(H2,16,17,18,19,20). The number of nitrogens with one attached hydrogen (secondary N) is 2. The molecular weight excluding hydrogens is 405 g/mol. The van der Waals surface area contributed by atoms with Crippen LogP contribution in [0.4, 0.5) is 17.6 Å². The molecule has 1 heterocycles. The van der Waals surface area contributed by atoms with E-state index in [1.807, 2.05) is 32.0 Å². The van der Waals surface area contributed by atoms with Gasteiger partial charge in [-0.3, -0.25) is 0 Å². The lowest BCUT2D eigenvalue weighted by atomic mass is 10.3. The van der Waals surface area contributed by atoms with E-state index in [0.29, 0.717) is 30.1 Å². The molecule has 0 bridgehead atoms. The van der Waals surface area contributed by atoms with Gasteiger partial charge in [-0.1, -0.05) is 11.6 Å². The highest BCUT2D eigenvalue weighted by Crippen LogP contribution is 2.25. The summed E-state index contributed by atoms with van der Waals surface area (Å²) >= 11 is 8.15. The maximum absolute atomic E-state index is 5.95. The van der Waals surface area contributed by atoms with Crippen molar-refractivity contribution in [2.45, 2.75) is 13.8 Å². The molecule has 2 aromatic rings. The van der Waals surface area contributed by atoms with Crippen molar-refractivity contribution in [2.24, 2.45) is 0 Å². The highest BCUT2D eigenvalue weighted by molar-refractivity contribution is 14.1. The third-order valence-electron chi connectivity index (χ3n) is 2.40. The minimum atomic E-state index is 0.287. The molecule has 21 heavy (non-hydrogen) atoms. The van der Waals surface area contributed by atoms with E-state index in [2.05, 4.69) is 48.2 Å². The lowest BCUT2D eigenvalue weighted by Crippen LogP contribution is -2.09. The van der Waals surface area contributed by atoms with Crippen LogP contribution >= 0.6 is 34.2 Å². The van der Waals surface area contributed by atoms with Crippen molar-refractivity contribution in [2.75, 3.05) is 23.8 Å². The first-order valence-electron chi connectivity index (χ1n) is 6.47. The van der Waals surface area contributed by atoms with Gasteiger partial charge in [0.15, 0.2) is 0 Å². The summed E-state index contributed by atoms with van der Waals surface area (Å²) in [6.45, 7) is 5.06. The predicted octanol–water partition coefficient (Wildman–Crippen LogP) is 3.70. The second kappa shape index (κ2) is 7.60. The van der Waals surface area contributed by atoms with Gasteiger partial charge in [0, 0.05) is 15.1 Å². The Morgan fingerprint density at radius 2 is 1.95 bits per heavy atom. The Morgan fingerprint density at radius 1 is 1.19 bits per heavy atom. The minimum absolute atomic E-state index is 0.287. The fourth-order valence-electron chi connectivity index (χ4n) is 1.55. The topological polar surface area (TPSA) is 72.0 Å². The summed E-state index contributed by atoms with van der Waals surface area (Å²) in [7, 11) is 0. The molecule has 0 spiro atoms. The van der Waals surface area contributed by atoms with Crippen LogP contribution < -0.4 is 15.4 Å². The Bertz CT molecular complexity index is 601. The molecular formula is C13H15ClIN5O. The Balaban J connectivity index is 2.29. The van der Waals surface area contributed by atoms with Gasteiger partial charge in [-0.15, -0.1) is 0 Å². The van der Waals surface area contributed by atoms with E-state index in [-0.39, 0.29) is 6.01 Å². The summed E-state index contributed by atoms with van der Waals surface area (Å²) in [5.74, 6) is 0.895. The van der Waals surface area contributed by atoms with E-state index in [1.165, 1.54) is 0 Å². The first kappa shape index (κ1) is 16.0. The van der Waals surface area contributed by atoms with Crippen LogP contribution in [0, 0.1) is 3.57 Å². The van der Waals surface area contributed by atoms with Crippen LogP contribution in [0.1, 0.15) is 13.8 Å². The van der Waals surface area contributed by atoms with Crippen LogP contribution in [0.3, 0.4) is 0 Å². The smallest absolute Gasteiger partial charge is 0.323 e. The summed E-state index contributed by atoms with van der Waals surface area (Å²) in [6.07, 6.45) is 0. The molecule has 6 nitrogen and oxygen atoms in total. The highest BCUT2D eigenvalue weighted by atomic mass is 127. The zero-order valence-electron chi connectivity index (χ0n) is 11.7. The van der Waals surface area contributed by atoms with Gasteiger partial charge in [0.05, 0.1) is 12.3 Å². The molecule has 0 atom stereocenters. The number of hydrogen-bond donors (Lipinski definition) is 2. The van der Waals surface area contributed by atoms with Gasteiger partial charge in [-0.05, 0) is 54.6 Å². The molecule has 0 fully saturated rings. The molecule has 0 saturated heterocycles. The monoisotopic (exact) mass is 419 g/mol. The molecule has 0 aliphatic heterocycles. The third-order valence-corrected chi connectivity index (χ3v) is 3.53. The van der Waals surface area contributed by atoms with Crippen molar-refractivity contribution in [3.05, 3.63) is 26.8 Å². The largest absolute Gasteiger partial charge is 0.464 e. The fourth-order valence-corrected chi connectivity index (χ4v) is 2.56. The lowest BCUT2D eigenvalue weighted by molar-refractivity contribution is 0.312. The minimum Gasteiger partial charge on any atom is -0.464 e. The van der Waals surface area contributed by atoms with Crippen LogP contribution in [0.5, 0.6) is 6.01 Å². The molecule has 8 heteroatoms. The summed E-state index contributed by atoms with van der Waals surface area (Å²) in [5.41, 5.74) is 0.871. The number of ether oxygens (including phenoxy) is 1. The van der Waals surface area contributed by atoms with E-state index in [9.17, 15) is 0 Å². The van der Waals surface area contributed by atoms with Gasteiger partial charge in [0.25, 0.3) is 0 Å². The van der Waals surface area contributed by atoms with Crippen molar-refractivity contribution in [1.82, 2.24) is 15.0 Å². The van der Waals surface area contributed by atoms with Gasteiger partial charge >= 0.3 is 6.01 Å². The van der Waals surface area contributed by atoms with E-state index < -0.39 is 0 Å². The zero-order chi connectivity index (χ0) is 15.2. The molecule has 0 saturated carbocycles. The molecule has 0 aliphatic rings. The summed E-state index contributed by atoms with van der Waals surface area (Å²) in [4.78, 5) is 12.7.